The van der Waals surface area contributed by atoms with Crippen LogP contribution in [0.2, 0.25) is 20.1 Å². The number of hydrogen-bond acceptors (Lipinski definition) is 3. The minimum Gasteiger partial charge on any atom is -0.479 e. The number of halogens is 4. The summed E-state index contributed by atoms with van der Waals surface area (Å²) in [6, 6.07) is 0. The fourth-order valence-corrected chi connectivity index (χ4v) is 4.42. The fourth-order valence-electron chi connectivity index (χ4n) is 3.41. The van der Waals surface area contributed by atoms with Crippen molar-refractivity contribution in [2.24, 2.45) is 0 Å². The molecule has 0 atom stereocenters. The summed E-state index contributed by atoms with van der Waals surface area (Å²) in [5.74, 6) is -2.82. The van der Waals surface area contributed by atoms with Crippen LogP contribution in [0, 0.1) is 0 Å². The molecule has 1 aliphatic carbocycles. The summed E-state index contributed by atoms with van der Waals surface area (Å²) in [6.45, 7) is 0. The molecule has 0 spiro atoms. The van der Waals surface area contributed by atoms with Gasteiger partial charge in [0.15, 0.2) is 0 Å². The number of fused-ring (bicyclic) bond motifs is 1. The number of benzene rings is 1. The Kier molecular flexibility index (Phi) is 4.49. The van der Waals surface area contributed by atoms with E-state index in [9.17, 15) is 19.5 Å². The zero-order valence-corrected chi connectivity index (χ0v) is 15.2. The molecular formula is C15H11Cl4NO4. The smallest absolute Gasteiger partial charge is 0.330 e. The van der Waals surface area contributed by atoms with E-state index in [4.69, 9.17) is 46.4 Å². The number of aliphatic carboxylic acids is 1. The van der Waals surface area contributed by atoms with E-state index in [2.05, 4.69) is 0 Å². The molecule has 1 fully saturated rings. The van der Waals surface area contributed by atoms with Crippen molar-refractivity contribution in [2.45, 2.75) is 37.6 Å². The second-order valence-corrected chi connectivity index (χ2v) is 7.36. The molecule has 0 aromatic heterocycles. The van der Waals surface area contributed by atoms with Crippen molar-refractivity contribution in [3.05, 3.63) is 31.2 Å². The molecule has 1 heterocycles. The average molecular weight is 411 g/mol. The van der Waals surface area contributed by atoms with E-state index >= 15 is 0 Å². The van der Waals surface area contributed by atoms with Gasteiger partial charge in [-0.1, -0.05) is 65.7 Å². The number of rotatable bonds is 2. The Morgan fingerprint density at radius 1 is 0.833 bits per heavy atom. The van der Waals surface area contributed by atoms with E-state index in [-0.39, 0.29) is 44.1 Å². The standard InChI is InChI=1S/C15H11Cl4NO4/c16-8-6-7(9(17)11(19)10(8)18)13(22)20(12(6)21)15(14(23)24)4-2-1-3-5-15/h1-5H2,(H,23,24). The summed E-state index contributed by atoms with van der Waals surface area (Å²) in [5, 5.41) is 9.07. The first-order valence-corrected chi connectivity index (χ1v) is 8.73. The third-order valence-electron chi connectivity index (χ3n) is 4.61. The van der Waals surface area contributed by atoms with Gasteiger partial charge in [0.25, 0.3) is 11.8 Å². The highest BCUT2D eigenvalue weighted by Crippen LogP contribution is 2.48. The Morgan fingerprint density at radius 3 is 1.62 bits per heavy atom. The van der Waals surface area contributed by atoms with Gasteiger partial charge < -0.3 is 5.11 Å². The van der Waals surface area contributed by atoms with Gasteiger partial charge in [0.1, 0.15) is 5.54 Å². The fraction of sp³-hybridized carbons (Fsp3) is 0.400. The van der Waals surface area contributed by atoms with E-state index in [0.717, 1.165) is 11.3 Å². The summed E-state index contributed by atoms with van der Waals surface area (Å²) in [4.78, 5) is 38.4. The zero-order valence-electron chi connectivity index (χ0n) is 12.2. The van der Waals surface area contributed by atoms with Gasteiger partial charge in [-0.25, -0.2) is 4.79 Å². The molecule has 9 heteroatoms. The van der Waals surface area contributed by atoms with Crippen molar-refractivity contribution in [1.29, 1.82) is 0 Å². The number of carbonyl (C=O) groups is 3. The lowest BCUT2D eigenvalue weighted by Gasteiger charge is -2.39. The zero-order chi connectivity index (χ0) is 17.8. The molecule has 0 saturated heterocycles. The SMILES string of the molecule is O=C1c2c(Cl)c(Cl)c(Cl)c(Cl)c2C(=O)N1C1(C(=O)O)CCCCC1. The lowest BCUT2D eigenvalue weighted by molar-refractivity contribution is -0.150. The molecule has 1 aromatic carbocycles. The largest absolute Gasteiger partial charge is 0.479 e. The van der Waals surface area contributed by atoms with Crippen molar-refractivity contribution in [3.63, 3.8) is 0 Å². The van der Waals surface area contributed by atoms with Gasteiger partial charge in [0, 0.05) is 0 Å². The molecule has 0 radical (unpaired) electrons. The van der Waals surface area contributed by atoms with E-state index in [1.807, 2.05) is 0 Å². The number of imide groups is 1. The van der Waals surface area contributed by atoms with Crippen LogP contribution >= 0.6 is 46.4 Å². The summed E-state index contributed by atoms with van der Waals surface area (Å²) in [6.07, 6.45) is 2.41. The molecule has 128 valence electrons. The van der Waals surface area contributed by atoms with Crippen LogP contribution in [-0.2, 0) is 4.79 Å². The second kappa shape index (κ2) is 6.06. The van der Waals surface area contributed by atoms with Gasteiger partial charge in [-0.2, -0.15) is 0 Å². The van der Waals surface area contributed by atoms with Crippen molar-refractivity contribution < 1.29 is 19.5 Å². The Balaban J connectivity index is 2.22. The molecule has 1 saturated carbocycles. The van der Waals surface area contributed by atoms with Crippen LogP contribution in [0.4, 0.5) is 0 Å². The minimum absolute atomic E-state index is 0.141. The van der Waals surface area contributed by atoms with E-state index in [1.165, 1.54) is 0 Å². The van der Waals surface area contributed by atoms with Gasteiger partial charge >= 0.3 is 5.97 Å². The van der Waals surface area contributed by atoms with Gasteiger partial charge in [0.2, 0.25) is 0 Å². The van der Waals surface area contributed by atoms with Crippen molar-refractivity contribution in [2.75, 3.05) is 0 Å². The predicted octanol–water partition coefficient (Wildman–Crippen LogP) is 4.68. The van der Waals surface area contributed by atoms with Crippen molar-refractivity contribution >= 4 is 64.2 Å². The molecule has 2 aliphatic rings. The average Bonchev–Trinajstić information content (AvgIpc) is 2.82. The first-order chi connectivity index (χ1) is 11.2. The van der Waals surface area contributed by atoms with Crippen molar-refractivity contribution in [1.82, 2.24) is 4.90 Å². The Labute approximate surface area is 157 Å². The third kappa shape index (κ3) is 2.25. The number of amides is 2. The normalized spacial score (nSPS) is 19.6. The van der Waals surface area contributed by atoms with E-state index in [1.54, 1.807) is 0 Å². The van der Waals surface area contributed by atoms with Crippen molar-refractivity contribution in [3.8, 4) is 0 Å². The molecule has 2 amide bonds. The highest BCUT2D eigenvalue weighted by atomic mass is 35.5. The van der Waals surface area contributed by atoms with Crippen LogP contribution in [0.25, 0.3) is 0 Å². The van der Waals surface area contributed by atoms with Gasteiger partial charge in [-0.3, -0.25) is 14.5 Å². The lowest BCUT2D eigenvalue weighted by Crippen LogP contribution is -2.58. The molecule has 3 rings (SSSR count). The monoisotopic (exact) mass is 409 g/mol. The lowest BCUT2D eigenvalue weighted by atomic mass is 9.80. The maximum absolute atomic E-state index is 12.8. The van der Waals surface area contributed by atoms with Crippen LogP contribution in [0.5, 0.6) is 0 Å². The second-order valence-electron chi connectivity index (χ2n) is 5.85. The summed E-state index contributed by atoms with van der Waals surface area (Å²) in [5.41, 5.74) is -1.98. The molecule has 1 aromatic rings. The molecule has 1 aliphatic heterocycles. The topological polar surface area (TPSA) is 74.7 Å². The molecule has 0 bridgehead atoms. The maximum Gasteiger partial charge on any atom is 0.330 e. The predicted molar refractivity (Wildman–Crippen MR) is 90.4 cm³/mol. The van der Waals surface area contributed by atoms with Crippen LogP contribution in [0.3, 0.4) is 0 Å². The third-order valence-corrected chi connectivity index (χ3v) is 6.41. The minimum atomic E-state index is -1.60. The van der Waals surface area contributed by atoms with Gasteiger partial charge in [0.05, 0.1) is 31.2 Å². The summed E-state index contributed by atoms with van der Waals surface area (Å²) >= 11 is 24.1. The number of hydrogen-bond donors (Lipinski definition) is 1. The highest BCUT2D eigenvalue weighted by Gasteiger charge is 2.55. The maximum atomic E-state index is 12.8. The summed E-state index contributed by atoms with van der Waals surface area (Å²) < 4.78 is 0. The molecular weight excluding hydrogens is 400 g/mol. The molecule has 24 heavy (non-hydrogen) atoms. The first-order valence-electron chi connectivity index (χ1n) is 7.22. The van der Waals surface area contributed by atoms with Crippen LogP contribution in [0.15, 0.2) is 0 Å². The van der Waals surface area contributed by atoms with Gasteiger partial charge in [-0.15, -0.1) is 0 Å². The Morgan fingerprint density at radius 2 is 1.25 bits per heavy atom. The van der Waals surface area contributed by atoms with E-state index < -0.39 is 23.3 Å². The first kappa shape index (κ1) is 17.8. The number of carbonyl (C=O) groups excluding carboxylic acids is 2. The molecule has 1 N–H and O–H groups in total. The number of carboxylic acid groups (broad SMARTS) is 1. The van der Waals surface area contributed by atoms with Crippen LogP contribution in [0.1, 0.15) is 52.8 Å². The van der Waals surface area contributed by atoms with Crippen LogP contribution in [-0.4, -0.2) is 33.3 Å². The van der Waals surface area contributed by atoms with E-state index in [0.29, 0.717) is 12.8 Å². The molecule has 0 unspecified atom stereocenters. The number of carboxylic acids is 1. The highest BCUT2D eigenvalue weighted by molar-refractivity contribution is 6.55. The van der Waals surface area contributed by atoms with Crippen LogP contribution < -0.4 is 0 Å². The molecule has 5 nitrogen and oxygen atoms in total. The quantitative estimate of drug-likeness (QED) is 0.436. The Hall–Kier alpha value is -1.01. The summed E-state index contributed by atoms with van der Waals surface area (Å²) in [7, 11) is 0. The van der Waals surface area contributed by atoms with Gasteiger partial charge in [-0.05, 0) is 12.8 Å². The Bertz CT molecular complexity index is 739. The number of nitrogens with zero attached hydrogens (tertiary/aromatic N) is 1.